The van der Waals surface area contributed by atoms with E-state index in [1.54, 1.807) is 24.3 Å². The lowest BCUT2D eigenvalue weighted by Crippen LogP contribution is -2.10. The van der Waals surface area contributed by atoms with E-state index in [9.17, 15) is 4.79 Å². The van der Waals surface area contributed by atoms with Crippen molar-refractivity contribution in [3.05, 3.63) is 162 Å². The van der Waals surface area contributed by atoms with Crippen LogP contribution >= 0.6 is 0 Å². The van der Waals surface area contributed by atoms with Gasteiger partial charge in [0, 0.05) is 42.7 Å². The Morgan fingerprint density at radius 1 is 0.341 bits per heavy atom. The van der Waals surface area contributed by atoms with Crippen LogP contribution in [0, 0.1) is 0 Å². The van der Waals surface area contributed by atoms with E-state index >= 15 is 0 Å². The topological polar surface area (TPSA) is 141 Å². The molecular weight excluding hydrogens is 1060 g/mol. The fourth-order valence-corrected chi connectivity index (χ4v) is 10.3. The first-order valence-electron chi connectivity index (χ1n) is 32.6. The van der Waals surface area contributed by atoms with Gasteiger partial charge in [-0.05, 0) is 172 Å². The molecule has 0 fully saturated rings. The van der Waals surface area contributed by atoms with Crippen molar-refractivity contribution in [2.75, 3.05) is 13.2 Å². The largest absolute Gasteiger partial charge is 0.490 e. The second kappa shape index (κ2) is 39.4. The van der Waals surface area contributed by atoms with Gasteiger partial charge in [-0.1, -0.05) is 167 Å². The fraction of sp³-hybridized carbons (Fsp3) is 0.493. The van der Waals surface area contributed by atoms with E-state index in [0.717, 1.165) is 124 Å². The lowest BCUT2D eigenvalue weighted by Gasteiger charge is -2.14. The first-order valence-corrected chi connectivity index (χ1v) is 32.6. The summed E-state index contributed by atoms with van der Waals surface area (Å²) in [5, 5.41) is 0. The molecular formula is C73H96N6O6. The maximum Gasteiger partial charge on any atom is 0.343 e. The Kier molecular flexibility index (Phi) is 30.3. The molecule has 0 aliphatic carbocycles. The molecule has 454 valence electrons. The Bertz CT molecular complexity index is 2880. The van der Waals surface area contributed by atoms with Crippen LogP contribution in [0.25, 0.3) is 11.4 Å². The van der Waals surface area contributed by atoms with Gasteiger partial charge in [0.05, 0.1) is 18.8 Å². The van der Waals surface area contributed by atoms with E-state index in [1.807, 2.05) is 79.6 Å². The third-order valence-electron chi connectivity index (χ3n) is 15.5. The van der Waals surface area contributed by atoms with Gasteiger partial charge >= 0.3 is 18.0 Å². The Morgan fingerprint density at radius 3 is 1.12 bits per heavy atom. The normalized spacial score (nSPS) is 11.2. The molecule has 0 atom stereocenters. The third kappa shape index (κ3) is 25.5. The number of hydrogen-bond donors (Lipinski definition) is 0. The standard InChI is InChI=1S/C73H96N6O6/c1-4-7-10-13-16-23-30-58-35-42-66(43-36-58)84-72-76-54-61(55-77-72)33-26-19-21-28-49-81-68-48-41-64(71(80)83-65-46-39-63(40-47-65)70-74-52-60(53-75-70)32-25-18-15-12-9-6-3)51-69(68)82-50-29-22-20-27-34-62-56-78-73(79-57-62)85-67-44-37-59(38-45-67)31-24-17-14-11-8-5-2/h35-48,51-57H,4-34,49-50H2,1-3H3. The molecule has 12 nitrogen and oxygen atoms in total. The van der Waals surface area contributed by atoms with Crippen LogP contribution in [0.1, 0.15) is 226 Å². The molecule has 4 aromatic carbocycles. The lowest BCUT2D eigenvalue weighted by atomic mass is 10.0. The smallest absolute Gasteiger partial charge is 0.343 e. The van der Waals surface area contributed by atoms with Gasteiger partial charge in [-0.25, -0.2) is 34.7 Å². The predicted octanol–water partition coefficient (Wildman–Crippen LogP) is 19.6. The molecule has 85 heavy (non-hydrogen) atoms. The quantitative estimate of drug-likeness (QED) is 0.0204. The van der Waals surface area contributed by atoms with Gasteiger partial charge in [-0.15, -0.1) is 0 Å². The summed E-state index contributed by atoms with van der Waals surface area (Å²) in [7, 11) is 0. The Balaban J connectivity index is 0.836. The van der Waals surface area contributed by atoms with E-state index in [4.69, 9.17) is 23.7 Å². The van der Waals surface area contributed by atoms with Gasteiger partial charge in [0.25, 0.3) is 0 Å². The molecule has 3 heterocycles. The molecule has 0 aliphatic heterocycles. The van der Waals surface area contributed by atoms with E-state index in [2.05, 4.69) is 74.9 Å². The van der Waals surface area contributed by atoms with Gasteiger partial charge in [0.1, 0.15) is 17.2 Å². The second-order valence-electron chi connectivity index (χ2n) is 22.8. The molecule has 0 radical (unpaired) electrons. The van der Waals surface area contributed by atoms with Crippen molar-refractivity contribution >= 4 is 5.97 Å². The highest BCUT2D eigenvalue weighted by atomic mass is 16.5. The van der Waals surface area contributed by atoms with Crippen molar-refractivity contribution in [3.8, 4) is 52.2 Å². The molecule has 7 rings (SSSR count). The van der Waals surface area contributed by atoms with Crippen molar-refractivity contribution < 1.29 is 28.5 Å². The number of aryl methyl sites for hydroxylation is 5. The number of unbranched alkanes of at least 4 members (excludes halogenated alkanes) is 21. The first-order chi connectivity index (χ1) is 41.9. The highest BCUT2D eigenvalue weighted by Crippen LogP contribution is 2.31. The van der Waals surface area contributed by atoms with Gasteiger partial charge in [-0.2, -0.15) is 0 Å². The molecule has 12 heteroatoms. The molecule has 0 aliphatic rings. The number of ether oxygens (including phenoxy) is 5. The highest BCUT2D eigenvalue weighted by molar-refractivity contribution is 5.92. The van der Waals surface area contributed by atoms with Crippen LogP contribution in [0.5, 0.6) is 40.8 Å². The van der Waals surface area contributed by atoms with Crippen LogP contribution in [-0.2, 0) is 32.1 Å². The molecule has 3 aromatic heterocycles. The zero-order chi connectivity index (χ0) is 59.2. The number of esters is 1. The molecule has 0 saturated heterocycles. The van der Waals surface area contributed by atoms with Gasteiger partial charge in [-0.3, -0.25) is 0 Å². The molecule has 0 bridgehead atoms. The number of benzene rings is 4. The van der Waals surface area contributed by atoms with E-state index in [-0.39, 0.29) is 0 Å². The summed E-state index contributed by atoms with van der Waals surface area (Å²) in [4.78, 5) is 40.8. The van der Waals surface area contributed by atoms with E-state index in [0.29, 0.717) is 53.9 Å². The maximum atomic E-state index is 13.6. The molecule has 0 unspecified atom stereocenters. The van der Waals surface area contributed by atoms with Crippen molar-refractivity contribution in [3.63, 3.8) is 0 Å². The fourth-order valence-electron chi connectivity index (χ4n) is 10.3. The summed E-state index contributed by atoms with van der Waals surface area (Å²) < 4.78 is 30.5. The summed E-state index contributed by atoms with van der Waals surface area (Å²) in [6.07, 6.45) is 47.2. The van der Waals surface area contributed by atoms with E-state index < -0.39 is 5.97 Å². The van der Waals surface area contributed by atoms with Crippen molar-refractivity contribution in [2.45, 2.75) is 220 Å². The molecule has 0 amide bonds. The van der Waals surface area contributed by atoms with Gasteiger partial charge in [0.2, 0.25) is 0 Å². The van der Waals surface area contributed by atoms with E-state index in [1.165, 1.54) is 120 Å². The van der Waals surface area contributed by atoms with Gasteiger partial charge in [0.15, 0.2) is 17.3 Å². The average molecular weight is 1150 g/mol. The molecule has 0 spiro atoms. The van der Waals surface area contributed by atoms with Crippen LogP contribution in [0.4, 0.5) is 0 Å². The Morgan fingerprint density at radius 2 is 0.694 bits per heavy atom. The van der Waals surface area contributed by atoms with Crippen LogP contribution in [-0.4, -0.2) is 49.1 Å². The van der Waals surface area contributed by atoms with Crippen LogP contribution in [0.3, 0.4) is 0 Å². The highest BCUT2D eigenvalue weighted by Gasteiger charge is 2.16. The number of aromatic nitrogens is 6. The lowest BCUT2D eigenvalue weighted by molar-refractivity contribution is 0.0734. The summed E-state index contributed by atoms with van der Waals surface area (Å²) >= 11 is 0. The third-order valence-corrected chi connectivity index (χ3v) is 15.5. The average Bonchev–Trinajstić information content (AvgIpc) is 3.59. The summed E-state index contributed by atoms with van der Waals surface area (Å²) in [6.45, 7) is 7.77. The summed E-state index contributed by atoms with van der Waals surface area (Å²) in [5.74, 6) is 3.22. The monoisotopic (exact) mass is 1150 g/mol. The Hall–Kier alpha value is -7.21. The zero-order valence-corrected chi connectivity index (χ0v) is 51.6. The molecule has 0 N–H and O–H groups in total. The van der Waals surface area contributed by atoms with Crippen molar-refractivity contribution in [1.82, 2.24) is 29.9 Å². The number of hydrogen-bond acceptors (Lipinski definition) is 12. The number of rotatable bonds is 44. The van der Waals surface area contributed by atoms with Crippen LogP contribution in [0.2, 0.25) is 0 Å². The SMILES string of the molecule is CCCCCCCCc1ccc(Oc2ncc(CCCCCCOc3ccc(C(=O)Oc4ccc(-c5ncc(CCCCCCCC)cn5)cc4)cc3OCCCCCCc3cnc(Oc4ccc(CCCCCCCC)cc4)nc3)cn2)cc1. The molecule has 0 saturated carbocycles. The van der Waals surface area contributed by atoms with Gasteiger partial charge < -0.3 is 23.7 Å². The summed E-state index contributed by atoms with van der Waals surface area (Å²) in [6, 6.07) is 29.9. The molecule has 7 aromatic rings. The summed E-state index contributed by atoms with van der Waals surface area (Å²) in [5.41, 5.74) is 7.23. The maximum absolute atomic E-state index is 13.6. The van der Waals surface area contributed by atoms with Crippen LogP contribution in [0.15, 0.2) is 128 Å². The minimum Gasteiger partial charge on any atom is -0.490 e. The first kappa shape index (κ1) is 65.3. The number of carbonyl (C=O) groups is 1. The predicted molar refractivity (Wildman–Crippen MR) is 343 cm³/mol. The zero-order valence-electron chi connectivity index (χ0n) is 51.6. The minimum atomic E-state index is -0.480. The number of nitrogens with zero attached hydrogens (tertiary/aromatic N) is 6. The second-order valence-corrected chi connectivity index (χ2v) is 22.8. The van der Waals surface area contributed by atoms with Crippen molar-refractivity contribution in [1.29, 1.82) is 0 Å². The van der Waals surface area contributed by atoms with Crippen LogP contribution < -0.4 is 23.7 Å². The minimum absolute atomic E-state index is 0.358. The van der Waals surface area contributed by atoms with Crippen molar-refractivity contribution in [2.24, 2.45) is 0 Å². The Labute approximate surface area is 508 Å². The number of carbonyl (C=O) groups excluding carboxylic acids is 1.